The molecule has 0 aliphatic rings. The lowest BCUT2D eigenvalue weighted by atomic mass is 9.80. The largest absolute Gasteiger partial charge is 0.522 e. The topological polar surface area (TPSA) is 61.5 Å². The number of carbonyl (C=O) groups is 1. The molecule has 2 N–H and O–H groups in total. The quantitative estimate of drug-likeness (QED) is 0.688. The molecule has 1 unspecified atom stereocenters. The fourth-order valence-corrected chi connectivity index (χ4v) is 1.74. The number of ether oxygens (including phenoxy) is 2. The Bertz CT molecular complexity index is 258. The van der Waals surface area contributed by atoms with Crippen molar-refractivity contribution in [2.45, 2.75) is 39.5 Å². The van der Waals surface area contributed by atoms with Gasteiger partial charge in [-0.2, -0.15) is 0 Å². The first-order valence-electron chi connectivity index (χ1n) is 5.89. The van der Waals surface area contributed by atoms with Crippen molar-refractivity contribution < 1.29 is 27.4 Å². The Morgan fingerprint density at radius 3 is 2.22 bits per heavy atom. The van der Waals surface area contributed by atoms with E-state index in [2.05, 4.69) is 4.74 Å². The van der Waals surface area contributed by atoms with Gasteiger partial charge >= 0.3 is 12.3 Å². The second-order valence-corrected chi connectivity index (χ2v) is 4.00. The summed E-state index contributed by atoms with van der Waals surface area (Å²) in [6, 6.07) is 0. The Morgan fingerprint density at radius 2 is 1.83 bits per heavy atom. The Morgan fingerprint density at radius 1 is 1.22 bits per heavy atom. The van der Waals surface area contributed by atoms with E-state index in [1.807, 2.05) is 6.92 Å². The maximum atomic E-state index is 11.9. The molecule has 0 aliphatic carbocycles. The lowest BCUT2D eigenvalue weighted by Crippen LogP contribution is -2.41. The van der Waals surface area contributed by atoms with E-state index >= 15 is 0 Å². The molecule has 0 aromatic heterocycles. The van der Waals surface area contributed by atoms with Crippen molar-refractivity contribution in [1.29, 1.82) is 0 Å². The van der Waals surface area contributed by atoms with Gasteiger partial charge in [-0.1, -0.05) is 13.3 Å². The van der Waals surface area contributed by atoms with E-state index in [0.717, 1.165) is 0 Å². The number of hydrogen-bond donors (Lipinski definition) is 1. The first-order chi connectivity index (χ1) is 8.31. The number of esters is 1. The minimum atomic E-state index is -4.69. The molecule has 0 bridgehead atoms. The summed E-state index contributed by atoms with van der Waals surface area (Å²) < 4.78 is 44.3. The van der Waals surface area contributed by atoms with E-state index in [-0.39, 0.29) is 19.6 Å². The van der Waals surface area contributed by atoms with Gasteiger partial charge in [-0.15, -0.1) is 13.2 Å². The van der Waals surface area contributed by atoms with E-state index in [9.17, 15) is 18.0 Å². The van der Waals surface area contributed by atoms with Crippen LogP contribution in [0.4, 0.5) is 13.2 Å². The van der Waals surface area contributed by atoms with Crippen molar-refractivity contribution in [3.05, 3.63) is 0 Å². The van der Waals surface area contributed by atoms with Crippen LogP contribution in [-0.2, 0) is 14.3 Å². The highest BCUT2D eigenvalue weighted by molar-refractivity contribution is 5.77. The molecule has 0 spiro atoms. The van der Waals surface area contributed by atoms with Crippen molar-refractivity contribution in [3.8, 4) is 0 Å². The number of hydrogen-bond acceptors (Lipinski definition) is 4. The predicted octanol–water partition coefficient (Wildman–Crippen LogP) is 2.22. The van der Waals surface area contributed by atoms with Crippen molar-refractivity contribution in [2.24, 2.45) is 11.1 Å². The molecule has 0 saturated heterocycles. The molecule has 7 heteroatoms. The molecule has 0 rings (SSSR count). The van der Waals surface area contributed by atoms with Crippen LogP contribution in [-0.4, -0.2) is 32.1 Å². The van der Waals surface area contributed by atoms with Gasteiger partial charge in [0.15, 0.2) is 0 Å². The fourth-order valence-electron chi connectivity index (χ4n) is 1.74. The van der Waals surface area contributed by atoms with Gasteiger partial charge in [0.2, 0.25) is 0 Å². The third-order valence-electron chi connectivity index (χ3n) is 2.67. The second-order valence-electron chi connectivity index (χ2n) is 4.00. The van der Waals surface area contributed by atoms with Crippen LogP contribution < -0.4 is 5.73 Å². The van der Waals surface area contributed by atoms with Crippen molar-refractivity contribution in [3.63, 3.8) is 0 Å². The molecule has 4 nitrogen and oxygen atoms in total. The lowest BCUT2D eigenvalue weighted by Gasteiger charge is -2.29. The monoisotopic (exact) mass is 271 g/mol. The van der Waals surface area contributed by atoms with Gasteiger partial charge in [0.1, 0.15) is 0 Å². The highest BCUT2D eigenvalue weighted by Crippen LogP contribution is 2.30. The van der Waals surface area contributed by atoms with Crippen LogP contribution in [0.25, 0.3) is 0 Å². The van der Waals surface area contributed by atoms with Crippen LogP contribution >= 0.6 is 0 Å². The molecule has 0 amide bonds. The third-order valence-corrected chi connectivity index (χ3v) is 2.67. The molecule has 0 aliphatic heterocycles. The first-order valence-corrected chi connectivity index (χ1v) is 5.89. The second kappa shape index (κ2) is 7.58. The summed E-state index contributed by atoms with van der Waals surface area (Å²) in [6.07, 6.45) is -3.79. The summed E-state index contributed by atoms with van der Waals surface area (Å²) in [6.45, 7) is 2.98. The fraction of sp³-hybridized carbons (Fsp3) is 0.909. The zero-order valence-electron chi connectivity index (χ0n) is 10.7. The number of nitrogens with two attached hydrogens (primary N) is 1. The number of carbonyl (C=O) groups excluding carboxylic acids is 1. The van der Waals surface area contributed by atoms with Crippen LogP contribution in [0.15, 0.2) is 0 Å². The maximum absolute atomic E-state index is 11.9. The summed E-state index contributed by atoms with van der Waals surface area (Å²) in [5, 5.41) is 0. The van der Waals surface area contributed by atoms with Gasteiger partial charge in [0, 0.05) is 6.54 Å². The molecule has 1 atom stereocenters. The minimum absolute atomic E-state index is 0.0547. The lowest BCUT2D eigenvalue weighted by molar-refractivity contribution is -0.326. The summed E-state index contributed by atoms with van der Waals surface area (Å²) in [4.78, 5) is 11.8. The highest BCUT2D eigenvalue weighted by Gasteiger charge is 2.39. The van der Waals surface area contributed by atoms with Gasteiger partial charge in [0.05, 0.1) is 18.6 Å². The number of alkyl halides is 3. The SMILES string of the molecule is CCCC(CN)(CCOC(F)(F)F)C(=O)OCC. The van der Waals surface area contributed by atoms with E-state index in [0.29, 0.717) is 12.8 Å². The first kappa shape index (κ1) is 17.2. The summed E-state index contributed by atoms with van der Waals surface area (Å²) in [7, 11) is 0. The van der Waals surface area contributed by atoms with E-state index in [1.54, 1.807) is 6.92 Å². The molecule has 0 heterocycles. The molecule has 0 aromatic rings. The average molecular weight is 271 g/mol. The zero-order valence-corrected chi connectivity index (χ0v) is 10.7. The molecule has 18 heavy (non-hydrogen) atoms. The summed E-state index contributed by atoms with van der Waals surface area (Å²) in [5.74, 6) is -0.555. The van der Waals surface area contributed by atoms with Gasteiger partial charge in [0.25, 0.3) is 0 Å². The molecule has 0 aromatic carbocycles. The molecular formula is C11H20F3NO3. The Balaban J connectivity index is 4.60. The van der Waals surface area contributed by atoms with Crippen LogP contribution in [0.3, 0.4) is 0 Å². The molecule has 0 fully saturated rings. The molecule has 0 saturated carbocycles. The van der Waals surface area contributed by atoms with E-state index in [1.165, 1.54) is 0 Å². The highest BCUT2D eigenvalue weighted by atomic mass is 19.4. The maximum Gasteiger partial charge on any atom is 0.522 e. The van der Waals surface area contributed by atoms with E-state index < -0.39 is 24.4 Å². The van der Waals surface area contributed by atoms with Crippen molar-refractivity contribution in [1.82, 2.24) is 0 Å². The number of halogens is 3. The normalized spacial score (nSPS) is 15.2. The Labute approximate surface area is 105 Å². The predicted molar refractivity (Wildman–Crippen MR) is 59.7 cm³/mol. The minimum Gasteiger partial charge on any atom is -0.466 e. The standard InChI is InChI=1S/C11H20F3NO3/c1-3-5-10(8-15,9(16)17-4-2)6-7-18-11(12,13)14/h3-8,15H2,1-2H3. The zero-order chi connectivity index (χ0) is 14.2. The van der Waals surface area contributed by atoms with Crippen LogP contribution in [0.5, 0.6) is 0 Å². The van der Waals surface area contributed by atoms with Crippen molar-refractivity contribution in [2.75, 3.05) is 19.8 Å². The molecular weight excluding hydrogens is 251 g/mol. The van der Waals surface area contributed by atoms with Crippen LogP contribution in [0.2, 0.25) is 0 Å². The van der Waals surface area contributed by atoms with E-state index in [4.69, 9.17) is 10.5 Å². The average Bonchev–Trinajstić information content (AvgIpc) is 2.26. The smallest absolute Gasteiger partial charge is 0.466 e. The van der Waals surface area contributed by atoms with Gasteiger partial charge in [-0.05, 0) is 19.8 Å². The van der Waals surface area contributed by atoms with Crippen LogP contribution in [0, 0.1) is 5.41 Å². The Hall–Kier alpha value is -0.820. The number of rotatable bonds is 8. The third kappa shape index (κ3) is 5.68. The summed E-state index contributed by atoms with van der Waals surface area (Å²) in [5.41, 5.74) is 4.45. The molecule has 0 radical (unpaired) electrons. The Kier molecular flexibility index (Phi) is 7.23. The van der Waals surface area contributed by atoms with Gasteiger partial charge in [-0.25, -0.2) is 0 Å². The van der Waals surface area contributed by atoms with Crippen LogP contribution in [0.1, 0.15) is 33.1 Å². The summed E-state index contributed by atoms with van der Waals surface area (Å²) >= 11 is 0. The van der Waals surface area contributed by atoms with Gasteiger partial charge < -0.3 is 10.5 Å². The molecule has 108 valence electrons. The van der Waals surface area contributed by atoms with Gasteiger partial charge in [-0.3, -0.25) is 9.53 Å². The van der Waals surface area contributed by atoms with Crippen molar-refractivity contribution >= 4 is 5.97 Å².